The van der Waals surface area contributed by atoms with Crippen LogP contribution in [0.3, 0.4) is 0 Å². The third kappa shape index (κ3) is 5.30. The van der Waals surface area contributed by atoms with E-state index < -0.39 is 10.0 Å². The van der Waals surface area contributed by atoms with Crippen LogP contribution in [0, 0.1) is 5.92 Å². The van der Waals surface area contributed by atoms with Crippen LogP contribution >= 0.6 is 0 Å². The summed E-state index contributed by atoms with van der Waals surface area (Å²) < 4.78 is 29.0. The average Bonchev–Trinajstić information content (AvgIpc) is 3.45. The Morgan fingerprint density at radius 1 is 0.944 bits per heavy atom. The van der Waals surface area contributed by atoms with Gasteiger partial charge in [0, 0.05) is 43.6 Å². The van der Waals surface area contributed by atoms with E-state index in [1.165, 1.54) is 24.5 Å². The van der Waals surface area contributed by atoms with Gasteiger partial charge in [-0.05, 0) is 61.4 Å². The van der Waals surface area contributed by atoms with E-state index in [1.807, 2.05) is 23.1 Å². The molecule has 0 saturated carbocycles. The third-order valence-corrected chi connectivity index (χ3v) is 7.06. The van der Waals surface area contributed by atoms with Crippen LogP contribution < -0.4 is 14.9 Å². The Kier molecular flexibility index (Phi) is 6.54. The number of piperidine rings is 1. The number of amides is 1. The van der Waals surface area contributed by atoms with Gasteiger partial charge in [-0.3, -0.25) is 4.79 Å². The molecule has 12 nitrogen and oxygen atoms in total. The number of anilines is 3. The van der Waals surface area contributed by atoms with Gasteiger partial charge in [0.2, 0.25) is 11.9 Å². The maximum Gasteiger partial charge on any atom is 0.264 e. The summed E-state index contributed by atoms with van der Waals surface area (Å²) in [4.78, 5) is 22.8. The summed E-state index contributed by atoms with van der Waals surface area (Å²) in [6.07, 6.45) is 7.94. The van der Waals surface area contributed by atoms with Gasteiger partial charge in [0.05, 0.1) is 10.8 Å². The minimum atomic E-state index is -3.85. The number of aromatic nitrogens is 6. The molecule has 1 amide bonds. The standard InChI is InChI=1S/C23H23N9O3S/c33-22(27-18-5-7-19(8-6-18)36(34,35)30-23-24-11-2-12-25-23)17-4-1-14-31(16-17)20-9-10-21(29-28-20)32-15-3-13-26-32/h2-3,5-13,15,17H,1,4,14,16H2,(H,27,33)(H,24,25,30). The van der Waals surface area contributed by atoms with Gasteiger partial charge in [0.15, 0.2) is 11.6 Å². The Morgan fingerprint density at radius 3 is 2.39 bits per heavy atom. The molecular formula is C23H23N9O3S. The quantitative estimate of drug-likeness (QED) is 0.385. The largest absolute Gasteiger partial charge is 0.354 e. The van der Waals surface area contributed by atoms with E-state index in [1.54, 1.807) is 35.3 Å². The lowest BCUT2D eigenvalue weighted by Crippen LogP contribution is -2.41. The highest BCUT2D eigenvalue weighted by molar-refractivity contribution is 7.92. The van der Waals surface area contributed by atoms with Crippen molar-refractivity contribution in [1.29, 1.82) is 0 Å². The second kappa shape index (κ2) is 10.1. The molecule has 0 radical (unpaired) electrons. The number of carbonyl (C=O) groups is 1. The summed E-state index contributed by atoms with van der Waals surface area (Å²) in [5.74, 6) is 0.927. The molecule has 1 fully saturated rings. The molecule has 5 rings (SSSR count). The van der Waals surface area contributed by atoms with E-state index in [9.17, 15) is 13.2 Å². The summed E-state index contributed by atoms with van der Waals surface area (Å²) in [5.41, 5.74) is 0.510. The first kappa shape index (κ1) is 23.4. The molecule has 4 heterocycles. The first-order chi connectivity index (χ1) is 17.5. The molecule has 2 N–H and O–H groups in total. The van der Waals surface area contributed by atoms with Crippen molar-refractivity contribution in [2.45, 2.75) is 17.7 Å². The minimum absolute atomic E-state index is 0.0163. The number of nitrogens with one attached hydrogen (secondary N) is 2. The predicted octanol–water partition coefficient (Wildman–Crippen LogP) is 2.11. The van der Waals surface area contributed by atoms with Crippen LogP contribution in [0.15, 0.2) is 78.2 Å². The van der Waals surface area contributed by atoms with E-state index in [-0.39, 0.29) is 22.7 Å². The monoisotopic (exact) mass is 505 g/mol. The molecule has 184 valence electrons. The van der Waals surface area contributed by atoms with Crippen molar-refractivity contribution >= 4 is 33.4 Å². The average molecular weight is 506 g/mol. The van der Waals surface area contributed by atoms with Crippen LogP contribution in [0.2, 0.25) is 0 Å². The molecule has 36 heavy (non-hydrogen) atoms. The van der Waals surface area contributed by atoms with Gasteiger partial charge in [0.25, 0.3) is 10.0 Å². The van der Waals surface area contributed by atoms with Crippen LogP contribution in [0.25, 0.3) is 5.82 Å². The first-order valence-corrected chi connectivity index (χ1v) is 12.8. The SMILES string of the molecule is O=C(Nc1ccc(S(=O)(=O)Nc2ncccn2)cc1)C1CCCN(c2ccc(-n3cccn3)nn2)C1. The zero-order chi connectivity index (χ0) is 25.0. The highest BCUT2D eigenvalue weighted by Gasteiger charge is 2.27. The van der Waals surface area contributed by atoms with Crippen molar-refractivity contribution in [2.24, 2.45) is 5.92 Å². The normalized spacial score (nSPS) is 15.9. The van der Waals surface area contributed by atoms with E-state index in [2.05, 4.69) is 35.3 Å². The molecule has 1 atom stereocenters. The molecule has 1 aromatic carbocycles. The Hall–Kier alpha value is -4.39. The van der Waals surface area contributed by atoms with Gasteiger partial charge in [-0.15, -0.1) is 10.2 Å². The first-order valence-electron chi connectivity index (χ1n) is 11.3. The number of hydrogen-bond donors (Lipinski definition) is 2. The molecule has 1 unspecified atom stereocenters. The maximum absolute atomic E-state index is 12.9. The lowest BCUT2D eigenvalue weighted by Gasteiger charge is -2.32. The second-order valence-corrected chi connectivity index (χ2v) is 9.86. The van der Waals surface area contributed by atoms with E-state index in [0.29, 0.717) is 23.9 Å². The van der Waals surface area contributed by atoms with E-state index in [4.69, 9.17) is 0 Å². The number of sulfonamides is 1. The van der Waals surface area contributed by atoms with Crippen molar-refractivity contribution in [3.8, 4) is 5.82 Å². The zero-order valence-corrected chi connectivity index (χ0v) is 19.9. The number of carbonyl (C=O) groups excluding carboxylic acids is 1. The van der Waals surface area contributed by atoms with Gasteiger partial charge < -0.3 is 10.2 Å². The highest BCUT2D eigenvalue weighted by atomic mass is 32.2. The molecule has 0 bridgehead atoms. The molecule has 1 saturated heterocycles. The van der Waals surface area contributed by atoms with Crippen LogP contribution in [-0.4, -0.2) is 57.4 Å². The van der Waals surface area contributed by atoms with E-state index >= 15 is 0 Å². The number of hydrogen-bond acceptors (Lipinski definition) is 9. The van der Waals surface area contributed by atoms with Crippen LogP contribution in [0.1, 0.15) is 12.8 Å². The van der Waals surface area contributed by atoms with Crippen molar-refractivity contribution in [2.75, 3.05) is 28.0 Å². The van der Waals surface area contributed by atoms with E-state index in [0.717, 1.165) is 19.4 Å². The number of benzene rings is 1. The molecule has 0 aliphatic carbocycles. The molecular weight excluding hydrogens is 482 g/mol. The second-order valence-electron chi connectivity index (χ2n) is 8.18. The van der Waals surface area contributed by atoms with Crippen molar-refractivity contribution in [3.63, 3.8) is 0 Å². The van der Waals surface area contributed by atoms with Crippen molar-refractivity contribution in [3.05, 3.63) is 73.3 Å². The highest BCUT2D eigenvalue weighted by Crippen LogP contribution is 2.24. The smallest absolute Gasteiger partial charge is 0.264 e. The van der Waals surface area contributed by atoms with Gasteiger partial charge in [0.1, 0.15) is 0 Å². The topological polar surface area (TPSA) is 148 Å². The van der Waals surface area contributed by atoms with Crippen molar-refractivity contribution in [1.82, 2.24) is 29.9 Å². The summed E-state index contributed by atoms with van der Waals surface area (Å²) >= 11 is 0. The molecule has 1 aliphatic heterocycles. The summed E-state index contributed by atoms with van der Waals surface area (Å²) in [6, 6.07) is 13.1. The Morgan fingerprint density at radius 2 is 1.69 bits per heavy atom. The van der Waals surface area contributed by atoms with Crippen LogP contribution in [-0.2, 0) is 14.8 Å². The number of rotatable bonds is 7. The lowest BCUT2D eigenvalue weighted by atomic mass is 9.97. The van der Waals surface area contributed by atoms with Crippen molar-refractivity contribution < 1.29 is 13.2 Å². The Bertz CT molecular complexity index is 1410. The molecule has 3 aromatic heterocycles. The summed E-state index contributed by atoms with van der Waals surface area (Å²) in [7, 11) is -3.85. The van der Waals surface area contributed by atoms with Gasteiger partial charge in [-0.1, -0.05) is 0 Å². The van der Waals surface area contributed by atoms with Gasteiger partial charge >= 0.3 is 0 Å². The van der Waals surface area contributed by atoms with Crippen LogP contribution in [0.4, 0.5) is 17.5 Å². The maximum atomic E-state index is 12.9. The molecule has 1 aliphatic rings. The summed E-state index contributed by atoms with van der Waals surface area (Å²) in [6.45, 7) is 1.29. The van der Waals surface area contributed by atoms with Gasteiger partial charge in [-0.2, -0.15) is 5.10 Å². The molecule has 13 heteroatoms. The fraction of sp³-hybridized carbons (Fsp3) is 0.217. The lowest BCUT2D eigenvalue weighted by molar-refractivity contribution is -0.120. The summed E-state index contributed by atoms with van der Waals surface area (Å²) in [5, 5.41) is 15.6. The number of nitrogens with zero attached hydrogens (tertiary/aromatic N) is 7. The molecule has 0 spiro atoms. The molecule has 4 aromatic rings. The minimum Gasteiger partial charge on any atom is -0.354 e. The third-order valence-electron chi connectivity index (χ3n) is 5.72. The Labute approximate surface area is 207 Å². The fourth-order valence-electron chi connectivity index (χ4n) is 3.91. The zero-order valence-electron chi connectivity index (χ0n) is 19.1. The van der Waals surface area contributed by atoms with Crippen LogP contribution in [0.5, 0.6) is 0 Å². The Balaban J connectivity index is 1.20. The fourth-order valence-corrected chi connectivity index (χ4v) is 4.86. The predicted molar refractivity (Wildman–Crippen MR) is 132 cm³/mol. The van der Waals surface area contributed by atoms with Gasteiger partial charge in [-0.25, -0.2) is 27.8 Å².